The number of nitrogens with zero attached hydrogens (tertiary/aromatic N) is 1. The van der Waals surface area contributed by atoms with Crippen LogP contribution in [-0.2, 0) is 4.74 Å². The van der Waals surface area contributed by atoms with Crippen LogP contribution < -0.4 is 11.5 Å². The Kier molecular flexibility index (Phi) is 5.91. The van der Waals surface area contributed by atoms with Crippen LogP contribution in [0.25, 0.3) is 0 Å². The fourth-order valence-corrected chi connectivity index (χ4v) is 2.24. The smallest absolute Gasteiger partial charge is 0.450 e. The van der Waals surface area contributed by atoms with E-state index in [1.807, 2.05) is 0 Å². The molecule has 0 aromatic carbocycles. The van der Waals surface area contributed by atoms with Gasteiger partial charge in [-0.3, -0.25) is 4.99 Å². The zero-order chi connectivity index (χ0) is 13.5. The minimum absolute atomic E-state index is 0.0117. The van der Waals surface area contributed by atoms with E-state index in [4.69, 9.17) is 16.6 Å². The lowest BCUT2D eigenvalue weighted by Gasteiger charge is -2.15. The first-order chi connectivity index (χ1) is 8.49. The van der Waals surface area contributed by atoms with Crippen LogP contribution in [0.15, 0.2) is 4.99 Å². The van der Waals surface area contributed by atoms with Gasteiger partial charge in [-0.05, 0) is 31.6 Å². The van der Waals surface area contributed by atoms with Crippen LogP contribution in [0.2, 0.25) is 0 Å². The molecule has 104 valence electrons. The summed E-state index contributed by atoms with van der Waals surface area (Å²) in [5.41, 5.74) is 11.6. The number of ether oxygens (including phenoxy) is 1. The van der Waals surface area contributed by atoms with E-state index in [0.29, 0.717) is 18.4 Å². The Bertz CT molecular complexity index is 307. The average Bonchev–Trinajstić information content (AvgIpc) is 2.57. The van der Waals surface area contributed by atoms with E-state index in [1.165, 1.54) is 0 Å². The molecule has 1 rings (SSSR count). The van der Waals surface area contributed by atoms with Gasteiger partial charge in [0.2, 0.25) is 0 Å². The molecule has 0 aliphatic carbocycles. The molecule has 6 heteroatoms. The molecule has 1 aliphatic rings. The Morgan fingerprint density at radius 3 is 2.89 bits per heavy atom. The number of carboxylic acid groups (broad SMARTS) is 1. The van der Waals surface area contributed by atoms with E-state index >= 15 is 0 Å². The second-order valence-electron chi connectivity index (χ2n) is 4.96. The molecule has 0 saturated heterocycles. The fourth-order valence-electron chi connectivity index (χ4n) is 2.24. The van der Waals surface area contributed by atoms with E-state index in [0.717, 1.165) is 31.5 Å². The highest BCUT2D eigenvalue weighted by molar-refractivity contribution is 5.82. The van der Waals surface area contributed by atoms with Gasteiger partial charge in [-0.25, -0.2) is 4.79 Å². The molecular formula is C12H23N3O3. The first-order valence-electron chi connectivity index (χ1n) is 6.42. The van der Waals surface area contributed by atoms with E-state index in [-0.39, 0.29) is 12.6 Å². The maximum atomic E-state index is 10.1. The van der Waals surface area contributed by atoms with Crippen molar-refractivity contribution in [1.82, 2.24) is 0 Å². The summed E-state index contributed by atoms with van der Waals surface area (Å²) in [5, 5.41) is 8.31. The normalized spacial score (nSPS) is 24.7. The number of nitrogens with two attached hydrogens (primary N) is 2. The number of carbonyl (C=O) groups is 1. The Hall–Kier alpha value is -1.30. The number of aliphatic imine (C=N–C) groups is 1. The molecule has 0 saturated carbocycles. The van der Waals surface area contributed by atoms with Crippen LogP contribution in [0, 0.1) is 5.92 Å². The Morgan fingerprint density at radius 1 is 1.61 bits per heavy atom. The van der Waals surface area contributed by atoms with Crippen LogP contribution in [-0.4, -0.2) is 35.8 Å². The molecule has 0 fully saturated rings. The SMILES string of the molecule is CC1CC(N)=NC1CCCC(N)CCOC(=O)O. The summed E-state index contributed by atoms with van der Waals surface area (Å²) in [6.45, 7) is 2.33. The van der Waals surface area contributed by atoms with Crippen LogP contribution in [0.1, 0.15) is 39.0 Å². The number of hydrogen-bond donors (Lipinski definition) is 3. The summed E-state index contributed by atoms with van der Waals surface area (Å²) < 4.78 is 4.42. The molecule has 5 N–H and O–H groups in total. The zero-order valence-corrected chi connectivity index (χ0v) is 10.8. The molecule has 0 spiro atoms. The van der Waals surface area contributed by atoms with Crippen molar-refractivity contribution in [3.63, 3.8) is 0 Å². The summed E-state index contributed by atoms with van der Waals surface area (Å²) in [6, 6.07) is 0.315. The lowest BCUT2D eigenvalue weighted by molar-refractivity contribution is 0.0887. The van der Waals surface area contributed by atoms with Crippen LogP contribution >= 0.6 is 0 Å². The average molecular weight is 257 g/mol. The maximum absolute atomic E-state index is 10.1. The summed E-state index contributed by atoms with van der Waals surface area (Å²) in [6.07, 6.45) is 3.06. The predicted molar refractivity (Wildman–Crippen MR) is 69.6 cm³/mol. The number of amidine groups is 1. The van der Waals surface area contributed by atoms with Gasteiger partial charge in [0, 0.05) is 12.5 Å². The van der Waals surface area contributed by atoms with Crippen LogP contribution in [0.3, 0.4) is 0 Å². The molecule has 3 atom stereocenters. The van der Waals surface area contributed by atoms with Gasteiger partial charge in [0.1, 0.15) is 0 Å². The molecule has 0 radical (unpaired) electrons. The quantitative estimate of drug-likeness (QED) is 0.596. The van der Waals surface area contributed by atoms with Crippen molar-refractivity contribution in [3.05, 3.63) is 0 Å². The van der Waals surface area contributed by atoms with E-state index < -0.39 is 6.16 Å². The van der Waals surface area contributed by atoms with Crippen LogP contribution in [0.4, 0.5) is 4.79 Å². The zero-order valence-electron chi connectivity index (χ0n) is 10.8. The van der Waals surface area contributed by atoms with Crippen LogP contribution in [0.5, 0.6) is 0 Å². The summed E-state index contributed by atoms with van der Waals surface area (Å²) in [7, 11) is 0. The largest absolute Gasteiger partial charge is 0.505 e. The minimum atomic E-state index is -1.24. The topological polar surface area (TPSA) is 111 Å². The maximum Gasteiger partial charge on any atom is 0.505 e. The molecule has 0 amide bonds. The van der Waals surface area contributed by atoms with Gasteiger partial charge in [-0.1, -0.05) is 6.92 Å². The van der Waals surface area contributed by atoms with Gasteiger partial charge >= 0.3 is 6.16 Å². The van der Waals surface area contributed by atoms with Gasteiger partial charge in [0.05, 0.1) is 18.5 Å². The third-order valence-corrected chi connectivity index (χ3v) is 3.31. The Labute approximate surface area is 107 Å². The van der Waals surface area contributed by atoms with Crippen molar-refractivity contribution in [3.8, 4) is 0 Å². The van der Waals surface area contributed by atoms with Crippen molar-refractivity contribution in [2.45, 2.75) is 51.1 Å². The second-order valence-corrected chi connectivity index (χ2v) is 4.96. The highest BCUT2D eigenvalue weighted by Gasteiger charge is 2.23. The third kappa shape index (κ3) is 5.35. The Balaban J connectivity index is 2.08. The summed E-state index contributed by atoms with van der Waals surface area (Å²) in [5.74, 6) is 1.28. The van der Waals surface area contributed by atoms with Crippen molar-refractivity contribution >= 4 is 12.0 Å². The van der Waals surface area contributed by atoms with Gasteiger partial charge in [-0.2, -0.15) is 0 Å². The highest BCUT2D eigenvalue weighted by atomic mass is 16.7. The fraction of sp³-hybridized carbons (Fsp3) is 0.833. The molecule has 0 aromatic rings. The second kappa shape index (κ2) is 7.20. The lowest BCUT2D eigenvalue weighted by atomic mass is 9.96. The van der Waals surface area contributed by atoms with E-state index in [9.17, 15) is 4.79 Å². The molecule has 3 unspecified atom stereocenters. The van der Waals surface area contributed by atoms with Crippen molar-refractivity contribution in [1.29, 1.82) is 0 Å². The lowest BCUT2D eigenvalue weighted by Crippen LogP contribution is -2.23. The van der Waals surface area contributed by atoms with Crippen molar-refractivity contribution in [2.24, 2.45) is 22.4 Å². The molecular weight excluding hydrogens is 234 g/mol. The van der Waals surface area contributed by atoms with Crippen molar-refractivity contribution in [2.75, 3.05) is 6.61 Å². The van der Waals surface area contributed by atoms with Gasteiger partial charge in [0.25, 0.3) is 0 Å². The predicted octanol–water partition coefficient (Wildman–Crippen LogP) is 1.33. The molecule has 1 aliphatic heterocycles. The summed E-state index contributed by atoms with van der Waals surface area (Å²) >= 11 is 0. The number of rotatable bonds is 7. The molecule has 0 aromatic heterocycles. The van der Waals surface area contributed by atoms with Crippen molar-refractivity contribution < 1.29 is 14.6 Å². The highest BCUT2D eigenvalue weighted by Crippen LogP contribution is 2.23. The Morgan fingerprint density at radius 2 is 2.33 bits per heavy atom. The molecule has 18 heavy (non-hydrogen) atoms. The first kappa shape index (κ1) is 14.8. The molecule has 6 nitrogen and oxygen atoms in total. The molecule has 1 heterocycles. The first-order valence-corrected chi connectivity index (χ1v) is 6.42. The summed E-state index contributed by atoms with van der Waals surface area (Å²) in [4.78, 5) is 14.5. The third-order valence-electron chi connectivity index (χ3n) is 3.31. The minimum Gasteiger partial charge on any atom is -0.450 e. The van der Waals surface area contributed by atoms with Gasteiger partial charge in [-0.15, -0.1) is 0 Å². The number of hydrogen-bond acceptors (Lipinski definition) is 5. The monoisotopic (exact) mass is 257 g/mol. The van der Waals surface area contributed by atoms with E-state index in [2.05, 4.69) is 16.7 Å². The van der Waals surface area contributed by atoms with Gasteiger partial charge < -0.3 is 21.3 Å². The standard InChI is InChI=1S/C12H23N3O3/c1-8-7-11(14)15-10(8)4-2-3-9(13)5-6-18-12(16)17/h8-10H,2-7,13H2,1H3,(H2,14,15)(H,16,17). The molecule has 0 bridgehead atoms. The van der Waals surface area contributed by atoms with Gasteiger partial charge in [0.15, 0.2) is 0 Å². The van der Waals surface area contributed by atoms with E-state index in [1.54, 1.807) is 0 Å².